The monoisotopic (exact) mass is 457 g/mol. The molecule has 9 nitrogen and oxygen atoms in total. The number of halogens is 1. The zero-order chi connectivity index (χ0) is 23.1. The van der Waals surface area contributed by atoms with Gasteiger partial charge in [-0.15, -0.1) is 0 Å². The fraction of sp³-hybridized carbons (Fsp3) is 0.190. The lowest BCUT2D eigenvalue weighted by molar-refractivity contribution is 0.398. The number of oxazole rings is 1. The van der Waals surface area contributed by atoms with Crippen molar-refractivity contribution in [2.75, 3.05) is 10.5 Å². The molecular weight excluding hydrogens is 437 g/mol. The lowest BCUT2D eigenvalue weighted by Crippen LogP contribution is -2.13. The molecule has 0 saturated heterocycles. The van der Waals surface area contributed by atoms with Crippen LogP contribution in [0.3, 0.4) is 0 Å². The van der Waals surface area contributed by atoms with E-state index in [-0.39, 0.29) is 33.5 Å². The van der Waals surface area contributed by atoms with Crippen molar-refractivity contribution in [2.24, 2.45) is 0 Å². The van der Waals surface area contributed by atoms with Crippen LogP contribution in [0, 0.1) is 5.82 Å². The molecule has 4 aromatic rings. The number of benzene rings is 1. The normalized spacial score (nSPS) is 12.1. The molecule has 32 heavy (non-hydrogen) atoms. The van der Waals surface area contributed by atoms with Gasteiger partial charge in [-0.05, 0) is 24.3 Å². The van der Waals surface area contributed by atoms with Gasteiger partial charge >= 0.3 is 0 Å². The van der Waals surface area contributed by atoms with E-state index in [0.29, 0.717) is 11.6 Å². The summed E-state index contributed by atoms with van der Waals surface area (Å²) in [6.07, 6.45) is 3.71. The number of hydrogen-bond donors (Lipinski definition) is 2. The molecule has 3 aromatic heterocycles. The second kappa shape index (κ2) is 7.75. The van der Waals surface area contributed by atoms with E-state index in [1.807, 2.05) is 20.8 Å². The number of hydrogen-bond acceptors (Lipinski definition) is 8. The van der Waals surface area contributed by atoms with Gasteiger partial charge in [0.05, 0.1) is 12.0 Å². The summed E-state index contributed by atoms with van der Waals surface area (Å²) in [6, 6.07) is 7.12. The van der Waals surface area contributed by atoms with Gasteiger partial charge in [-0.2, -0.15) is 0 Å². The first-order chi connectivity index (χ1) is 15.1. The number of nitrogens with one attached hydrogen (secondary N) is 1. The molecule has 0 aliphatic carbocycles. The molecule has 0 spiro atoms. The first kappa shape index (κ1) is 21.5. The average molecular weight is 457 g/mol. The van der Waals surface area contributed by atoms with Gasteiger partial charge in [0, 0.05) is 17.2 Å². The smallest absolute Gasteiger partial charge is 0.265 e. The van der Waals surface area contributed by atoms with Crippen LogP contribution in [0.15, 0.2) is 62.8 Å². The molecule has 0 aliphatic rings. The number of nitrogen functional groups attached to an aromatic ring is 1. The highest BCUT2D eigenvalue weighted by molar-refractivity contribution is 7.92. The van der Waals surface area contributed by atoms with Gasteiger partial charge in [0.25, 0.3) is 10.0 Å². The van der Waals surface area contributed by atoms with E-state index in [4.69, 9.17) is 14.6 Å². The highest BCUT2D eigenvalue weighted by Gasteiger charge is 2.28. The van der Waals surface area contributed by atoms with Gasteiger partial charge in [0.15, 0.2) is 11.6 Å². The quantitative estimate of drug-likeness (QED) is 0.455. The minimum absolute atomic E-state index is 0.0178. The van der Waals surface area contributed by atoms with Crippen LogP contribution in [0.1, 0.15) is 26.7 Å². The molecule has 166 valence electrons. The number of rotatable bonds is 5. The number of nitrogens with zero attached hydrogens (tertiary/aromatic N) is 3. The molecule has 0 amide bonds. The number of anilines is 2. The molecule has 1 aromatic carbocycles. The van der Waals surface area contributed by atoms with Gasteiger partial charge in [0.1, 0.15) is 22.5 Å². The first-order valence-corrected chi connectivity index (χ1v) is 11.0. The summed E-state index contributed by atoms with van der Waals surface area (Å²) in [5.74, 6) is -0.262. The van der Waals surface area contributed by atoms with Crippen LogP contribution in [0.25, 0.3) is 22.7 Å². The van der Waals surface area contributed by atoms with Crippen LogP contribution in [-0.2, 0) is 15.4 Å². The molecule has 0 radical (unpaired) electrons. The van der Waals surface area contributed by atoms with Crippen LogP contribution < -0.4 is 10.5 Å². The standard InChI is InChI=1S/C21H20FN5O4S/c1-21(2,3)19-26-17(18(31-19)15-7-9-24-20(23)25-15)13-5-4-6-14(16(13)22)27-32(28,29)12-8-10-30-11-12/h4-11,27H,1-3H3,(H2,23,24,25). The summed E-state index contributed by atoms with van der Waals surface area (Å²) in [6.45, 7) is 5.69. The first-order valence-electron chi connectivity index (χ1n) is 9.50. The van der Waals surface area contributed by atoms with E-state index in [1.165, 1.54) is 36.7 Å². The Balaban J connectivity index is 1.85. The molecule has 11 heteroatoms. The summed E-state index contributed by atoms with van der Waals surface area (Å²) >= 11 is 0. The Hall–Kier alpha value is -3.73. The predicted molar refractivity (Wildman–Crippen MR) is 116 cm³/mol. The molecular formula is C21H20FN5O4S. The largest absolute Gasteiger partial charge is 0.471 e. The van der Waals surface area contributed by atoms with E-state index in [0.717, 1.165) is 6.26 Å². The fourth-order valence-electron chi connectivity index (χ4n) is 2.90. The van der Waals surface area contributed by atoms with Crippen molar-refractivity contribution in [1.29, 1.82) is 0 Å². The third-order valence-electron chi connectivity index (χ3n) is 4.48. The maximum Gasteiger partial charge on any atom is 0.265 e. The zero-order valence-electron chi connectivity index (χ0n) is 17.5. The maximum atomic E-state index is 15.5. The van der Waals surface area contributed by atoms with E-state index in [1.54, 1.807) is 6.07 Å². The highest BCUT2D eigenvalue weighted by Crippen LogP contribution is 2.38. The maximum absolute atomic E-state index is 15.5. The summed E-state index contributed by atoms with van der Waals surface area (Å²) in [5, 5.41) is 0. The van der Waals surface area contributed by atoms with Crippen molar-refractivity contribution in [3.63, 3.8) is 0 Å². The van der Waals surface area contributed by atoms with Crippen molar-refractivity contribution < 1.29 is 21.6 Å². The predicted octanol–water partition coefficient (Wildman–Crippen LogP) is 4.21. The van der Waals surface area contributed by atoms with Crippen LogP contribution in [0.2, 0.25) is 0 Å². The second-order valence-corrected chi connectivity index (χ2v) is 9.66. The second-order valence-electron chi connectivity index (χ2n) is 7.98. The van der Waals surface area contributed by atoms with Crippen molar-refractivity contribution >= 4 is 21.7 Å². The molecule has 0 fully saturated rings. The van der Waals surface area contributed by atoms with Gasteiger partial charge in [-0.3, -0.25) is 4.72 Å². The molecule has 0 aliphatic heterocycles. The molecule has 3 heterocycles. The minimum atomic E-state index is -4.04. The third kappa shape index (κ3) is 4.06. The summed E-state index contributed by atoms with van der Waals surface area (Å²) in [4.78, 5) is 12.4. The fourth-order valence-corrected chi connectivity index (χ4v) is 3.88. The number of sulfonamides is 1. The Morgan fingerprint density at radius 1 is 1.12 bits per heavy atom. The van der Waals surface area contributed by atoms with Gasteiger partial charge in [-0.1, -0.05) is 26.8 Å². The molecule has 0 atom stereocenters. The summed E-state index contributed by atoms with van der Waals surface area (Å²) < 4.78 is 53.6. The van der Waals surface area contributed by atoms with E-state index in [2.05, 4.69) is 19.7 Å². The molecule has 0 bridgehead atoms. The van der Waals surface area contributed by atoms with E-state index < -0.39 is 21.3 Å². The molecule has 3 N–H and O–H groups in total. The average Bonchev–Trinajstić information content (AvgIpc) is 3.40. The van der Waals surface area contributed by atoms with Crippen LogP contribution in [-0.4, -0.2) is 23.4 Å². The topological polar surface area (TPSA) is 137 Å². The zero-order valence-corrected chi connectivity index (χ0v) is 18.3. The van der Waals surface area contributed by atoms with Gasteiger partial charge < -0.3 is 14.6 Å². The summed E-state index contributed by atoms with van der Waals surface area (Å²) in [7, 11) is -4.04. The van der Waals surface area contributed by atoms with Crippen molar-refractivity contribution in [2.45, 2.75) is 31.1 Å². The van der Waals surface area contributed by atoms with Crippen molar-refractivity contribution in [1.82, 2.24) is 15.0 Å². The van der Waals surface area contributed by atoms with Crippen LogP contribution in [0.4, 0.5) is 16.0 Å². The van der Waals surface area contributed by atoms with Crippen LogP contribution >= 0.6 is 0 Å². The van der Waals surface area contributed by atoms with Crippen molar-refractivity contribution in [3.8, 4) is 22.7 Å². The Kier molecular flexibility index (Phi) is 5.21. The van der Waals surface area contributed by atoms with Crippen LogP contribution in [0.5, 0.6) is 0 Å². The van der Waals surface area contributed by atoms with E-state index >= 15 is 4.39 Å². The lowest BCUT2D eigenvalue weighted by atomic mass is 9.97. The minimum Gasteiger partial charge on any atom is -0.471 e. The Labute approximate surface area is 183 Å². The Morgan fingerprint density at radius 3 is 2.56 bits per heavy atom. The SMILES string of the molecule is CC(C)(C)c1nc(-c2cccc(NS(=O)(=O)c3ccoc3)c2F)c(-c2ccnc(N)n2)o1. The van der Waals surface area contributed by atoms with Gasteiger partial charge in [-0.25, -0.2) is 27.8 Å². The number of furan rings is 1. The Morgan fingerprint density at radius 2 is 1.91 bits per heavy atom. The van der Waals surface area contributed by atoms with E-state index in [9.17, 15) is 8.42 Å². The lowest BCUT2D eigenvalue weighted by Gasteiger charge is -2.12. The molecule has 0 saturated carbocycles. The number of nitrogens with two attached hydrogens (primary N) is 1. The highest BCUT2D eigenvalue weighted by atomic mass is 32.2. The molecule has 0 unspecified atom stereocenters. The molecule has 4 rings (SSSR count). The number of aromatic nitrogens is 3. The van der Waals surface area contributed by atoms with Gasteiger partial charge in [0.2, 0.25) is 11.8 Å². The Bertz CT molecular complexity index is 1380. The van der Waals surface area contributed by atoms with Crippen molar-refractivity contribution in [3.05, 3.63) is 60.8 Å². The third-order valence-corrected chi connectivity index (χ3v) is 5.82. The summed E-state index contributed by atoms with van der Waals surface area (Å²) in [5.41, 5.74) is 5.48.